The second-order valence-electron chi connectivity index (χ2n) is 5.37. The second-order valence-corrected chi connectivity index (χ2v) is 5.37. The molecule has 0 radical (unpaired) electrons. The Morgan fingerprint density at radius 2 is 1.95 bits per heavy atom. The lowest BCUT2D eigenvalue weighted by Crippen LogP contribution is -2.14. The minimum atomic E-state index is -0.246. The monoisotopic (exact) mass is 278 g/mol. The van der Waals surface area contributed by atoms with Crippen LogP contribution < -0.4 is 0 Å². The van der Waals surface area contributed by atoms with Crippen molar-refractivity contribution in [2.75, 3.05) is 19.8 Å². The molecule has 0 saturated heterocycles. The van der Waals surface area contributed by atoms with E-state index in [2.05, 4.69) is 20.8 Å². The van der Waals surface area contributed by atoms with Crippen molar-refractivity contribution >= 4 is 5.97 Å². The predicted molar refractivity (Wildman–Crippen MR) is 81.0 cm³/mol. The lowest BCUT2D eigenvalue weighted by atomic mass is 10.0. The number of hydrogen-bond donors (Lipinski definition) is 0. The van der Waals surface area contributed by atoms with Gasteiger partial charge in [-0.25, -0.2) is 4.79 Å². The Balaban J connectivity index is 2.42. The van der Waals surface area contributed by atoms with Gasteiger partial charge in [-0.1, -0.05) is 45.4 Å². The van der Waals surface area contributed by atoms with Crippen LogP contribution in [0.25, 0.3) is 0 Å². The van der Waals surface area contributed by atoms with Gasteiger partial charge in [-0.15, -0.1) is 0 Å². The first-order valence-corrected chi connectivity index (χ1v) is 7.48. The zero-order valence-corrected chi connectivity index (χ0v) is 12.9. The molecule has 0 heterocycles. The molecular formula is C17H26O3. The Morgan fingerprint density at radius 3 is 2.65 bits per heavy atom. The summed E-state index contributed by atoms with van der Waals surface area (Å²) in [4.78, 5) is 12.0. The highest BCUT2D eigenvalue weighted by molar-refractivity contribution is 5.91. The molecule has 1 aromatic carbocycles. The van der Waals surface area contributed by atoms with Crippen molar-refractivity contribution in [3.8, 4) is 0 Å². The molecule has 0 N–H and O–H groups in total. The molecule has 1 rings (SSSR count). The average molecular weight is 278 g/mol. The highest BCUT2D eigenvalue weighted by Gasteiger charge is 2.11. The molecule has 0 fully saturated rings. The maximum Gasteiger partial charge on any atom is 0.338 e. The zero-order valence-electron chi connectivity index (χ0n) is 12.9. The van der Waals surface area contributed by atoms with Crippen molar-refractivity contribution in [1.82, 2.24) is 0 Å². The van der Waals surface area contributed by atoms with Gasteiger partial charge in [-0.3, -0.25) is 0 Å². The van der Waals surface area contributed by atoms with E-state index in [1.54, 1.807) is 0 Å². The third-order valence-electron chi connectivity index (χ3n) is 2.95. The van der Waals surface area contributed by atoms with Crippen LogP contribution >= 0.6 is 0 Å². The van der Waals surface area contributed by atoms with Gasteiger partial charge in [0.15, 0.2) is 0 Å². The molecule has 0 atom stereocenters. The topological polar surface area (TPSA) is 35.5 Å². The largest absolute Gasteiger partial charge is 0.460 e. The van der Waals surface area contributed by atoms with Gasteiger partial charge in [0.25, 0.3) is 0 Å². The van der Waals surface area contributed by atoms with Crippen LogP contribution in [-0.4, -0.2) is 25.8 Å². The normalized spacial score (nSPS) is 10.8. The molecule has 0 saturated carbocycles. The summed E-state index contributed by atoms with van der Waals surface area (Å²) in [5.41, 5.74) is 1.76. The maximum atomic E-state index is 12.0. The maximum absolute atomic E-state index is 12.0. The van der Waals surface area contributed by atoms with Crippen LogP contribution in [0.5, 0.6) is 0 Å². The Morgan fingerprint density at radius 1 is 1.20 bits per heavy atom. The summed E-state index contributed by atoms with van der Waals surface area (Å²) in [5.74, 6) is 0.255. The SMILES string of the molecule is CCCCc1ccccc1C(=O)OCCOCC(C)C. The summed E-state index contributed by atoms with van der Waals surface area (Å²) in [6.45, 7) is 7.80. The van der Waals surface area contributed by atoms with E-state index in [1.807, 2.05) is 24.3 Å². The van der Waals surface area contributed by atoms with Crippen LogP contribution in [0.2, 0.25) is 0 Å². The van der Waals surface area contributed by atoms with Gasteiger partial charge in [-0.2, -0.15) is 0 Å². The standard InChI is InChI=1S/C17H26O3/c1-4-5-8-15-9-6-7-10-16(15)17(18)20-12-11-19-13-14(2)3/h6-7,9-10,14H,4-5,8,11-13H2,1-3H3. The highest BCUT2D eigenvalue weighted by Crippen LogP contribution is 2.13. The average Bonchev–Trinajstić information content (AvgIpc) is 2.44. The van der Waals surface area contributed by atoms with E-state index in [0.717, 1.165) is 24.8 Å². The number of hydrogen-bond acceptors (Lipinski definition) is 3. The summed E-state index contributed by atoms with van der Waals surface area (Å²) < 4.78 is 10.7. The molecule has 1 aromatic rings. The first-order valence-electron chi connectivity index (χ1n) is 7.48. The van der Waals surface area contributed by atoms with Crippen molar-refractivity contribution < 1.29 is 14.3 Å². The van der Waals surface area contributed by atoms with Crippen LogP contribution in [0.4, 0.5) is 0 Å². The molecule has 0 aromatic heterocycles. The Kier molecular flexibility index (Phi) is 7.97. The smallest absolute Gasteiger partial charge is 0.338 e. The van der Waals surface area contributed by atoms with Gasteiger partial charge in [0.1, 0.15) is 6.61 Å². The van der Waals surface area contributed by atoms with E-state index in [4.69, 9.17) is 9.47 Å². The zero-order chi connectivity index (χ0) is 14.8. The van der Waals surface area contributed by atoms with E-state index in [-0.39, 0.29) is 5.97 Å². The number of aryl methyl sites for hydroxylation is 1. The van der Waals surface area contributed by atoms with Gasteiger partial charge in [-0.05, 0) is 30.4 Å². The van der Waals surface area contributed by atoms with Crippen molar-refractivity contribution in [3.05, 3.63) is 35.4 Å². The van der Waals surface area contributed by atoms with E-state index in [0.29, 0.717) is 31.3 Å². The third-order valence-corrected chi connectivity index (χ3v) is 2.95. The Bertz CT molecular complexity index is 399. The Labute approximate surface area is 122 Å². The third kappa shape index (κ3) is 6.20. The fourth-order valence-electron chi connectivity index (χ4n) is 1.89. The van der Waals surface area contributed by atoms with Crippen molar-refractivity contribution in [2.24, 2.45) is 5.92 Å². The van der Waals surface area contributed by atoms with Crippen molar-refractivity contribution in [2.45, 2.75) is 40.0 Å². The molecule has 0 bridgehead atoms. The summed E-state index contributed by atoms with van der Waals surface area (Å²) in [6.07, 6.45) is 3.12. The Hall–Kier alpha value is -1.35. The molecule has 3 heteroatoms. The molecule has 0 unspecified atom stereocenters. The van der Waals surface area contributed by atoms with Gasteiger partial charge < -0.3 is 9.47 Å². The number of rotatable bonds is 9. The fraction of sp³-hybridized carbons (Fsp3) is 0.588. The number of esters is 1. The van der Waals surface area contributed by atoms with Crippen LogP contribution in [-0.2, 0) is 15.9 Å². The number of carbonyl (C=O) groups excluding carboxylic acids is 1. The van der Waals surface area contributed by atoms with Gasteiger partial charge >= 0.3 is 5.97 Å². The van der Waals surface area contributed by atoms with Crippen LogP contribution in [0.3, 0.4) is 0 Å². The molecule has 3 nitrogen and oxygen atoms in total. The van der Waals surface area contributed by atoms with E-state index in [1.165, 1.54) is 0 Å². The number of unbranched alkanes of at least 4 members (excludes halogenated alkanes) is 1. The van der Waals surface area contributed by atoms with Gasteiger partial charge in [0.2, 0.25) is 0 Å². The molecular weight excluding hydrogens is 252 g/mol. The van der Waals surface area contributed by atoms with E-state index in [9.17, 15) is 4.79 Å². The highest BCUT2D eigenvalue weighted by atomic mass is 16.6. The van der Waals surface area contributed by atoms with Crippen LogP contribution in [0, 0.1) is 5.92 Å². The van der Waals surface area contributed by atoms with Crippen LogP contribution in [0.1, 0.15) is 49.5 Å². The number of ether oxygens (including phenoxy) is 2. The molecule has 0 amide bonds. The lowest BCUT2D eigenvalue weighted by Gasteiger charge is -2.10. The molecule has 112 valence electrons. The molecule has 20 heavy (non-hydrogen) atoms. The van der Waals surface area contributed by atoms with Crippen molar-refractivity contribution in [1.29, 1.82) is 0 Å². The van der Waals surface area contributed by atoms with Crippen molar-refractivity contribution in [3.63, 3.8) is 0 Å². The minimum Gasteiger partial charge on any atom is -0.460 e. The lowest BCUT2D eigenvalue weighted by molar-refractivity contribution is 0.0276. The minimum absolute atomic E-state index is 0.246. The number of benzene rings is 1. The van der Waals surface area contributed by atoms with Gasteiger partial charge in [0, 0.05) is 6.61 Å². The van der Waals surface area contributed by atoms with E-state index >= 15 is 0 Å². The predicted octanol–water partition coefficient (Wildman–Crippen LogP) is 3.86. The summed E-state index contributed by atoms with van der Waals surface area (Å²) in [7, 11) is 0. The number of carbonyl (C=O) groups is 1. The molecule has 0 spiro atoms. The molecule has 0 aliphatic heterocycles. The summed E-state index contributed by atoms with van der Waals surface area (Å²) in [5, 5.41) is 0. The fourth-order valence-corrected chi connectivity index (χ4v) is 1.89. The van der Waals surface area contributed by atoms with Crippen LogP contribution in [0.15, 0.2) is 24.3 Å². The first-order chi connectivity index (χ1) is 9.65. The van der Waals surface area contributed by atoms with E-state index < -0.39 is 0 Å². The molecule has 0 aliphatic carbocycles. The first kappa shape index (κ1) is 16.7. The van der Waals surface area contributed by atoms with Gasteiger partial charge in [0.05, 0.1) is 12.2 Å². The quantitative estimate of drug-likeness (QED) is 0.508. The summed E-state index contributed by atoms with van der Waals surface area (Å²) >= 11 is 0. The summed E-state index contributed by atoms with van der Waals surface area (Å²) in [6, 6.07) is 7.68. The second kappa shape index (κ2) is 9.54. The molecule has 0 aliphatic rings.